The molecule has 190 valence electrons. The van der Waals surface area contributed by atoms with Gasteiger partial charge in [-0.05, 0) is 31.5 Å². The summed E-state index contributed by atoms with van der Waals surface area (Å²) >= 11 is 0. The van der Waals surface area contributed by atoms with Crippen molar-refractivity contribution in [3.63, 3.8) is 0 Å². The molecular weight excluding hydrogens is 474 g/mol. The Morgan fingerprint density at radius 3 is 2.57 bits per heavy atom. The van der Waals surface area contributed by atoms with Gasteiger partial charge in [0.15, 0.2) is 40.9 Å². The maximum absolute atomic E-state index is 12.6. The molecule has 0 unspecified atom stereocenters. The number of likely N-dealkylation sites (N-methyl/N-ethyl adjacent to an activating group) is 1. The van der Waals surface area contributed by atoms with E-state index in [1.54, 1.807) is 24.1 Å². The predicted octanol–water partition coefficient (Wildman–Crippen LogP) is 2.66. The van der Waals surface area contributed by atoms with Gasteiger partial charge in [-0.3, -0.25) is 14.3 Å². The van der Waals surface area contributed by atoms with Crippen molar-refractivity contribution in [2.45, 2.75) is 50.7 Å². The summed E-state index contributed by atoms with van der Waals surface area (Å²) < 4.78 is 20.2. The third-order valence-corrected chi connectivity index (χ3v) is 6.43. The zero-order valence-corrected chi connectivity index (χ0v) is 20.7. The lowest BCUT2D eigenvalue weighted by molar-refractivity contribution is -0.197. The third kappa shape index (κ3) is 4.31. The zero-order chi connectivity index (χ0) is 25.6. The Bertz CT molecular complexity index is 1430. The molecule has 5 heterocycles. The topological polar surface area (TPSA) is 125 Å². The largest absolute Gasteiger partial charge is 0.364 e. The van der Waals surface area contributed by atoms with E-state index >= 15 is 0 Å². The molecule has 2 aliphatic rings. The van der Waals surface area contributed by atoms with Gasteiger partial charge >= 0.3 is 0 Å². The van der Waals surface area contributed by atoms with Gasteiger partial charge in [-0.15, -0.1) is 0 Å². The Balaban J connectivity index is 1.43. The van der Waals surface area contributed by atoms with Crippen LogP contribution in [-0.4, -0.2) is 61.6 Å². The zero-order valence-electron chi connectivity index (χ0n) is 20.7. The van der Waals surface area contributed by atoms with Gasteiger partial charge in [0.25, 0.3) is 5.91 Å². The number of rotatable bonds is 6. The number of nitrogens with one attached hydrogen (secondary N) is 2. The molecule has 11 nitrogen and oxygen atoms in total. The van der Waals surface area contributed by atoms with Crippen molar-refractivity contribution in [3.05, 3.63) is 66.6 Å². The molecule has 0 aliphatic carbocycles. The second kappa shape index (κ2) is 9.18. The van der Waals surface area contributed by atoms with Gasteiger partial charge in [-0.1, -0.05) is 36.4 Å². The first kappa shape index (κ1) is 23.5. The summed E-state index contributed by atoms with van der Waals surface area (Å²) in [5.74, 6) is -0.144. The van der Waals surface area contributed by atoms with Crippen LogP contribution in [0.4, 0.5) is 5.82 Å². The molecule has 0 spiro atoms. The Morgan fingerprint density at radius 1 is 1.03 bits per heavy atom. The number of carbonyl (C=O) groups is 1. The second-order valence-corrected chi connectivity index (χ2v) is 9.40. The molecule has 2 fully saturated rings. The van der Waals surface area contributed by atoms with Crippen LogP contribution in [0, 0.1) is 0 Å². The third-order valence-electron chi connectivity index (χ3n) is 6.43. The minimum absolute atomic E-state index is 0.280. The Labute approximate surface area is 213 Å². The van der Waals surface area contributed by atoms with Crippen molar-refractivity contribution in [2.75, 3.05) is 12.4 Å². The fourth-order valence-electron chi connectivity index (χ4n) is 4.77. The normalized spacial score (nSPS) is 24.2. The SMILES string of the molecule is CNC(=O)[C@H]1O[C@@H](n2cnc3c(NCc4ccccc4)nc(-c4ccccn4)nc32)[C@@H]2OC(C)(C)O[C@@H]21. The van der Waals surface area contributed by atoms with Gasteiger partial charge in [0, 0.05) is 19.8 Å². The van der Waals surface area contributed by atoms with E-state index in [2.05, 4.69) is 20.6 Å². The summed E-state index contributed by atoms with van der Waals surface area (Å²) in [5.41, 5.74) is 2.82. The number of benzene rings is 1. The van der Waals surface area contributed by atoms with E-state index in [1.165, 1.54) is 0 Å². The Morgan fingerprint density at radius 2 is 1.81 bits per heavy atom. The first-order valence-corrected chi connectivity index (χ1v) is 12.1. The standard InChI is InChI=1S/C26H27N7O4/c1-26(2)36-18-19(24(34)27-3)35-25(20(18)37-26)33-14-30-17-22(29-13-15-9-5-4-6-10-15)31-21(32-23(17)33)16-11-7-8-12-28-16/h4-12,14,18-20,25H,13H2,1-3H3,(H,27,34)(H,29,31,32)/t18-,19+,20-,25-/m1/s1. The van der Waals surface area contributed by atoms with Crippen LogP contribution in [0.2, 0.25) is 0 Å². The van der Waals surface area contributed by atoms with Crippen LogP contribution in [0.5, 0.6) is 0 Å². The monoisotopic (exact) mass is 501 g/mol. The minimum atomic E-state index is -0.865. The molecule has 1 aromatic carbocycles. The number of nitrogens with zero attached hydrogens (tertiary/aromatic N) is 5. The van der Waals surface area contributed by atoms with E-state index in [0.29, 0.717) is 35.0 Å². The summed E-state index contributed by atoms with van der Waals surface area (Å²) in [6.45, 7) is 4.19. The molecule has 2 saturated heterocycles. The molecular formula is C26H27N7O4. The average molecular weight is 502 g/mol. The molecule has 0 radical (unpaired) electrons. The molecule has 6 rings (SSSR count). The van der Waals surface area contributed by atoms with E-state index in [4.69, 9.17) is 24.2 Å². The van der Waals surface area contributed by atoms with Crippen molar-refractivity contribution in [1.29, 1.82) is 0 Å². The van der Waals surface area contributed by atoms with E-state index in [1.807, 2.05) is 62.4 Å². The van der Waals surface area contributed by atoms with Crippen LogP contribution in [0.3, 0.4) is 0 Å². The number of amides is 1. The molecule has 4 atom stereocenters. The van der Waals surface area contributed by atoms with Crippen molar-refractivity contribution in [2.24, 2.45) is 0 Å². The Hall–Kier alpha value is -3.93. The lowest BCUT2D eigenvalue weighted by Crippen LogP contribution is -2.41. The minimum Gasteiger partial charge on any atom is -0.364 e. The van der Waals surface area contributed by atoms with Crippen LogP contribution < -0.4 is 10.6 Å². The Kier molecular flexibility index (Phi) is 5.82. The van der Waals surface area contributed by atoms with E-state index in [9.17, 15) is 4.79 Å². The number of pyridine rings is 1. The van der Waals surface area contributed by atoms with Gasteiger partial charge in [0.2, 0.25) is 0 Å². The van der Waals surface area contributed by atoms with Crippen LogP contribution in [-0.2, 0) is 25.5 Å². The molecule has 37 heavy (non-hydrogen) atoms. The number of hydrogen-bond donors (Lipinski definition) is 2. The fraction of sp³-hybridized carbons (Fsp3) is 0.346. The summed E-state index contributed by atoms with van der Waals surface area (Å²) in [5, 5.41) is 6.05. The molecule has 4 aromatic rings. The number of ether oxygens (including phenoxy) is 3. The molecule has 2 N–H and O–H groups in total. The van der Waals surface area contributed by atoms with E-state index < -0.39 is 30.3 Å². The maximum atomic E-state index is 12.6. The molecule has 0 bridgehead atoms. The summed E-state index contributed by atoms with van der Waals surface area (Å²) in [6.07, 6.45) is 0.688. The highest BCUT2D eigenvalue weighted by Crippen LogP contribution is 2.44. The number of hydrogen-bond acceptors (Lipinski definition) is 9. The van der Waals surface area contributed by atoms with Crippen molar-refractivity contribution in [3.8, 4) is 11.5 Å². The highest BCUT2D eigenvalue weighted by molar-refractivity contribution is 5.85. The molecule has 2 aliphatic heterocycles. The maximum Gasteiger partial charge on any atom is 0.251 e. The first-order valence-electron chi connectivity index (χ1n) is 12.1. The summed E-state index contributed by atoms with van der Waals surface area (Å²) in [7, 11) is 1.57. The number of carbonyl (C=O) groups excluding carboxylic acids is 1. The fourth-order valence-corrected chi connectivity index (χ4v) is 4.77. The average Bonchev–Trinajstić information content (AvgIpc) is 3.58. The van der Waals surface area contributed by atoms with Crippen LogP contribution in [0.25, 0.3) is 22.7 Å². The lowest BCUT2D eigenvalue weighted by Gasteiger charge is -2.24. The lowest BCUT2D eigenvalue weighted by atomic mass is 10.1. The molecule has 0 saturated carbocycles. The highest BCUT2D eigenvalue weighted by Gasteiger charge is 2.58. The first-order chi connectivity index (χ1) is 17.9. The van der Waals surface area contributed by atoms with Gasteiger partial charge in [-0.2, -0.15) is 0 Å². The number of anilines is 1. The quantitative estimate of drug-likeness (QED) is 0.410. The van der Waals surface area contributed by atoms with Crippen molar-refractivity contribution in [1.82, 2.24) is 29.8 Å². The number of aromatic nitrogens is 5. The predicted molar refractivity (Wildman–Crippen MR) is 134 cm³/mol. The van der Waals surface area contributed by atoms with Crippen molar-refractivity contribution < 1.29 is 19.0 Å². The van der Waals surface area contributed by atoms with Crippen LogP contribution in [0.1, 0.15) is 25.6 Å². The van der Waals surface area contributed by atoms with Gasteiger partial charge in [0.05, 0.1) is 6.33 Å². The number of fused-ring (bicyclic) bond motifs is 2. The van der Waals surface area contributed by atoms with Crippen LogP contribution >= 0.6 is 0 Å². The molecule has 3 aromatic heterocycles. The van der Waals surface area contributed by atoms with Crippen molar-refractivity contribution >= 4 is 22.9 Å². The number of imidazole rings is 1. The second-order valence-electron chi connectivity index (χ2n) is 9.40. The van der Waals surface area contributed by atoms with Gasteiger partial charge in [-0.25, -0.2) is 15.0 Å². The van der Waals surface area contributed by atoms with E-state index in [-0.39, 0.29) is 5.91 Å². The summed E-state index contributed by atoms with van der Waals surface area (Å²) in [6, 6.07) is 15.6. The molecule has 11 heteroatoms. The van der Waals surface area contributed by atoms with Gasteiger partial charge < -0.3 is 24.8 Å². The highest BCUT2D eigenvalue weighted by atomic mass is 16.8. The molecule has 1 amide bonds. The van der Waals surface area contributed by atoms with Gasteiger partial charge in [0.1, 0.15) is 17.9 Å². The summed E-state index contributed by atoms with van der Waals surface area (Å²) in [4.78, 5) is 31.2. The van der Waals surface area contributed by atoms with E-state index in [0.717, 1.165) is 5.56 Å². The van der Waals surface area contributed by atoms with Crippen LogP contribution in [0.15, 0.2) is 61.1 Å². The smallest absolute Gasteiger partial charge is 0.251 e.